The number of ether oxygens (including phenoxy) is 1. The highest BCUT2D eigenvalue weighted by Gasteiger charge is 2.14. The molecule has 2 nitrogen and oxygen atoms in total. The highest BCUT2D eigenvalue weighted by molar-refractivity contribution is 5.69. The molecular weight excluding hydrogens is 428 g/mol. The molecule has 35 heavy (non-hydrogen) atoms. The Morgan fingerprint density at radius 1 is 0.429 bits per heavy atom. The molecule has 0 aromatic rings. The zero-order chi connectivity index (χ0) is 25.7. The van der Waals surface area contributed by atoms with Gasteiger partial charge in [-0.1, -0.05) is 162 Å². The van der Waals surface area contributed by atoms with Crippen LogP contribution in [-0.2, 0) is 9.53 Å². The van der Waals surface area contributed by atoms with E-state index in [1.807, 2.05) is 0 Å². The van der Waals surface area contributed by atoms with E-state index in [1.165, 1.54) is 154 Å². The SMILES string of the molecule is CCCCCCCCCCCCC(CCCCCCCCCC)OC(=O)CCCCCCCCC. The van der Waals surface area contributed by atoms with Crippen LogP contribution in [0.4, 0.5) is 0 Å². The molecule has 210 valence electrons. The van der Waals surface area contributed by atoms with Crippen molar-refractivity contribution in [2.24, 2.45) is 0 Å². The van der Waals surface area contributed by atoms with Gasteiger partial charge in [-0.2, -0.15) is 0 Å². The molecule has 0 aromatic carbocycles. The van der Waals surface area contributed by atoms with Gasteiger partial charge in [0.2, 0.25) is 0 Å². The molecule has 0 amide bonds. The number of hydrogen-bond acceptors (Lipinski definition) is 2. The maximum absolute atomic E-state index is 12.5. The second kappa shape index (κ2) is 29.7. The van der Waals surface area contributed by atoms with E-state index < -0.39 is 0 Å². The molecule has 0 saturated heterocycles. The molecule has 0 N–H and O–H groups in total. The van der Waals surface area contributed by atoms with E-state index in [0.29, 0.717) is 6.42 Å². The van der Waals surface area contributed by atoms with E-state index in [1.54, 1.807) is 0 Å². The first kappa shape index (κ1) is 34.5. The minimum atomic E-state index is 0.0650. The van der Waals surface area contributed by atoms with Crippen molar-refractivity contribution < 1.29 is 9.53 Å². The Labute approximate surface area is 222 Å². The van der Waals surface area contributed by atoms with E-state index in [0.717, 1.165) is 19.3 Å². The lowest BCUT2D eigenvalue weighted by Crippen LogP contribution is -2.18. The zero-order valence-corrected chi connectivity index (χ0v) is 24.7. The molecule has 1 atom stereocenters. The molecule has 2 heteroatoms. The van der Waals surface area contributed by atoms with Crippen LogP contribution in [-0.4, -0.2) is 12.1 Å². The summed E-state index contributed by atoms with van der Waals surface area (Å²) in [6.45, 7) is 6.83. The van der Waals surface area contributed by atoms with Gasteiger partial charge in [0.15, 0.2) is 0 Å². The van der Waals surface area contributed by atoms with Crippen LogP contribution in [0.3, 0.4) is 0 Å². The summed E-state index contributed by atoms with van der Waals surface area (Å²) in [6, 6.07) is 0. The van der Waals surface area contributed by atoms with Gasteiger partial charge >= 0.3 is 5.97 Å². The van der Waals surface area contributed by atoms with E-state index in [9.17, 15) is 4.79 Å². The Kier molecular flexibility index (Phi) is 29.2. The highest BCUT2D eigenvalue weighted by atomic mass is 16.5. The lowest BCUT2D eigenvalue weighted by Gasteiger charge is -2.18. The van der Waals surface area contributed by atoms with Crippen LogP contribution < -0.4 is 0 Å². The molecule has 0 saturated carbocycles. The first-order chi connectivity index (χ1) is 17.2. The molecule has 0 heterocycles. The van der Waals surface area contributed by atoms with Crippen LogP contribution >= 0.6 is 0 Å². The number of carbonyl (C=O) groups excluding carboxylic acids is 1. The smallest absolute Gasteiger partial charge is 0.306 e. The molecule has 1 unspecified atom stereocenters. The number of hydrogen-bond donors (Lipinski definition) is 0. The standard InChI is InChI=1S/C33H66O2/c1-4-7-10-13-16-18-19-22-24-27-30-32(29-26-23-21-17-14-11-8-5-2)35-33(34)31-28-25-20-15-12-9-6-3/h32H,4-31H2,1-3H3. The van der Waals surface area contributed by atoms with E-state index >= 15 is 0 Å². The summed E-state index contributed by atoms with van der Waals surface area (Å²) in [5.74, 6) is 0.0650. The normalized spacial score (nSPS) is 12.2. The Morgan fingerprint density at radius 2 is 0.714 bits per heavy atom. The first-order valence-corrected chi connectivity index (χ1v) is 16.4. The minimum Gasteiger partial charge on any atom is -0.462 e. The monoisotopic (exact) mass is 495 g/mol. The molecule has 0 fully saturated rings. The third-order valence-electron chi connectivity index (χ3n) is 7.54. The van der Waals surface area contributed by atoms with Gasteiger partial charge in [0.25, 0.3) is 0 Å². The topological polar surface area (TPSA) is 26.3 Å². The Balaban J connectivity index is 4.02. The molecule has 0 aromatic heterocycles. The molecule has 0 radical (unpaired) electrons. The van der Waals surface area contributed by atoms with Crippen LogP contribution in [0.25, 0.3) is 0 Å². The van der Waals surface area contributed by atoms with Gasteiger partial charge in [0.05, 0.1) is 0 Å². The zero-order valence-electron chi connectivity index (χ0n) is 24.7. The summed E-state index contributed by atoms with van der Waals surface area (Å²) >= 11 is 0. The predicted octanol–water partition coefficient (Wildman–Crippen LogP) is 11.9. The second-order valence-electron chi connectivity index (χ2n) is 11.2. The number of unbranched alkanes of at least 4 members (excludes halogenated alkanes) is 22. The molecule has 0 aliphatic rings. The van der Waals surface area contributed by atoms with E-state index in [2.05, 4.69) is 20.8 Å². The van der Waals surface area contributed by atoms with Gasteiger partial charge < -0.3 is 4.74 Å². The maximum Gasteiger partial charge on any atom is 0.306 e. The average molecular weight is 495 g/mol. The first-order valence-electron chi connectivity index (χ1n) is 16.4. The van der Waals surface area contributed by atoms with Crippen LogP contribution in [0.2, 0.25) is 0 Å². The lowest BCUT2D eigenvalue weighted by atomic mass is 10.0. The molecule has 0 bridgehead atoms. The molecule has 0 spiro atoms. The van der Waals surface area contributed by atoms with Crippen LogP contribution in [0.1, 0.15) is 201 Å². The van der Waals surface area contributed by atoms with Crippen molar-refractivity contribution in [3.63, 3.8) is 0 Å². The van der Waals surface area contributed by atoms with Crippen molar-refractivity contribution in [3.8, 4) is 0 Å². The van der Waals surface area contributed by atoms with Crippen molar-refractivity contribution in [1.82, 2.24) is 0 Å². The summed E-state index contributed by atoms with van der Waals surface area (Å²) in [5, 5.41) is 0. The fourth-order valence-corrected chi connectivity index (χ4v) is 5.10. The third-order valence-corrected chi connectivity index (χ3v) is 7.54. The van der Waals surface area contributed by atoms with Crippen LogP contribution in [0.5, 0.6) is 0 Å². The quantitative estimate of drug-likeness (QED) is 0.0763. The van der Waals surface area contributed by atoms with Crippen molar-refractivity contribution in [2.45, 2.75) is 207 Å². The fraction of sp³-hybridized carbons (Fsp3) is 0.970. The molecule has 0 aliphatic carbocycles. The Hall–Kier alpha value is -0.530. The molecule has 0 aliphatic heterocycles. The third kappa shape index (κ3) is 27.9. The second-order valence-corrected chi connectivity index (χ2v) is 11.2. The number of esters is 1. The average Bonchev–Trinajstić information content (AvgIpc) is 2.86. The van der Waals surface area contributed by atoms with Crippen LogP contribution in [0.15, 0.2) is 0 Å². The summed E-state index contributed by atoms with van der Waals surface area (Å²) < 4.78 is 6.00. The van der Waals surface area contributed by atoms with Gasteiger partial charge in [-0.3, -0.25) is 4.79 Å². The molecular formula is C33H66O2. The van der Waals surface area contributed by atoms with Gasteiger partial charge in [0, 0.05) is 6.42 Å². The van der Waals surface area contributed by atoms with Crippen LogP contribution in [0, 0.1) is 0 Å². The van der Waals surface area contributed by atoms with E-state index in [4.69, 9.17) is 4.74 Å². The minimum absolute atomic E-state index is 0.0650. The van der Waals surface area contributed by atoms with E-state index in [-0.39, 0.29) is 12.1 Å². The van der Waals surface area contributed by atoms with Gasteiger partial charge in [-0.25, -0.2) is 0 Å². The van der Waals surface area contributed by atoms with Gasteiger partial charge in [0.1, 0.15) is 6.10 Å². The van der Waals surface area contributed by atoms with Gasteiger partial charge in [-0.15, -0.1) is 0 Å². The largest absolute Gasteiger partial charge is 0.462 e. The number of rotatable bonds is 29. The number of carbonyl (C=O) groups is 1. The van der Waals surface area contributed by atoms with Crippen molar-refractivity contribution in [1.29, 1.82) is 0 Å². The van der Waals surface area contributed by atoms with Gasteiger partial charge in [-0.05, 0) is 32.1 Å². The van der Waals surface area contributed by atoms with Crippen molar-refractivity contribution in [3.05, 3.63) is 0 Å². The fourth-order valence-electron chi connectivity index (χ4n) is 5.10. The lowest BCUT2D eigenvalue weighted by molar-refractivity contribution is -0.150. The highest BCUT2D eigenvalue weighted by Crippen LogP contribution is 2.19. The summed E-state index contributed by atoms with van der Waals surface area (Å²) in [6.07, 6.45) is 36.1. The summed E-state index contributed by atoms with van der Waals surface area (Å²) in [5.41, 5.74) is 0. The van der Waals surface area contributed by atoms with Crippen molar-refractivity contribution in [2.75, 3.05) is 0 Å². The Morgan fingerprint density at radius 3 is 1.06 bits per heavy atom. The predicted molar refractivity (Wildman–Crippen MR) is 156 cm³/mol. The molecule has 0 rings (SSSR count). The summed E-state index contributed by atoms with van der Waals surface area (Å²) in [7, 11) is 0. The summed E-state index contributed by atoms with van der Waals surface area (Å²) in [4.78, 5) is 12.5. The Bertz CT molecular complexity index is 406. The maximum atomic E-state index is 12.5. The van der Waals surface area contributed by atoms with Crippen molar-refractivity contribution >= 4 is 5.97 Å².